The Morgan fingerprint density at radius 3 is 2.61 bits per heavy atom. The molecule has 2 saturated heterocycles. The number of carbonyl (C=O) groups excluding carboxylic acids is 1. The van der Waals surface area contributed by atoms with Gasteiger partial charge in [-0.15, -0.1) is 0 Å². The lowest BCUT2D eigenvalue weighted by Gasteiger charge is -2.44. The molecule has 2 heterocycles. The second-order valence-electron chi connectivity index (χ2n) is 6.01. The molecule has 0 aromatic carbocycles. The summed E-state index contributed by atoms with van der Waals surface area (Å²) in [6, 6.07) is -0.873. The first-order chi connectivity index (χ1) is 8.43. The minimum absolute atomic E-state index is 0.0346. The molecule has 2 N–H and O–H groups in total. The van der Waals surface area contributed by atoms with Gasteiger partial charge in [0.1, 0.15) is 6.04 Å². The first kappa shape index (κ1) is 13.3. The number of carboxylic acid groups (broad SMARTS) is 1. The van der Waals surface area contributed by atoms with E-state index in [0.29, 0.717) is 6.54 Å². The van der Waals surface area contributed by atoms with E-state index in [1.54, 1.807) is 4.90 Å². The van der Waals surface area contributed by atoms with E-state index in [-0.39, 0.29) is 17.4 Å². The van der Waals surface area contributed by atoms with Crippen molar-refractivity contribution in [3.63, 3.8) is 0 Å². The summed E-state index contributed by atoms with van der Waals surface area (Å²) in [5, 5.41) is 12.6. The molecule has 5 nitrogen and oxygen atoms in total. The molecule has 1 amide bonds. The molecular formula is C13H22N2O3. The van der Waals surface area contributed by atoms with Crippen molar-refractivity contribution in [2.24, 2.45) is 5.41 Å². The zero-order valence-electron chi connectivity index (χ0n) is 11.1. The largest absolute Gasteiger partial charge is 0.480 e. The van der Waals surface area contributed by atoms with Crippen LogP contribution in [0.25, 0.3) is 0 Å². The monoisotopic (exact) mass is 254 g/mol. The molecule has 2 fully saturated rings. The van der Waals surface area contributed by atoms with Crippen molar-refractivity contribution in [2.75, 3.05) is 13.1 Å². The van der Waals surface area contributed by atoms with Crippen LogP contribution in [0.2, 0.25) is 0 Å². The first-order valence-electron chi connectivity index (χ1n) is 6.70. The summed E-state index contributed by atoms with van der Waals surface area (Å²) in [6.07, 6.45) is 3.55. The molecule has 0 spiro atoms. The fourth-order valence-electron chi connectivity index (χ4n) is 3.19. The van der Waals surface area contributed by atoms with E-state index in [2.05, 4.69) is 5.32 Å². The molecule has 0 bridgehead atoms. The second-order valence-corrected chi connectivity index (χ2v) is 6.01. The van der Waals surface area contributed by atoms with Crippen molar-refractivity contribution < 1.29 is 14.7 Å². The van der Waals surface area contributed by atoms with Gasteiger partial charge in [-0.05, 0) is 37.6 Å². The molecule has 0 aromatic rings. The summed E-state index contributed by atoms with van der Waals surface area (Å²) in [5.74, 6) is -0.918. The predicted octanol–water partition coefficient (Wildman–Crippen LogP) is 0.840. The Hall–Kier alpha value is -1.10. The van der Waals surface area contributed by atoms with Crippen molar-refractivity contribution in [3.8, 4) is 0 Å². The van der Waals surface area contributed by atoms with Crippen LogP contribution in [0.3, 0.4) is 0 Å². The maximum absolute atomic E-state index is 12.4. The second kappa shape index (κ2) is 4.88. The highest BCUT2D eigenvalue weighted by atomic mass is 16.4. The molecule has 2 unspecified atom stereocenters. The quantitative estimate of drug-likeness (QED) is 0.766. The number of piperidine rings is 1. The summed E-state index contributed by atoms with van der Waals surface area (Å²) in [7, 11) is 0. The summed E-state index contributed by atoms with van der Waals surface area (Å²) in [5.41, 5.74) is -0.349. The number of carboxylic acids is 1. The summed E-state index contributed by atoms with van der Waals surface area (Å²) in [4.78, 5) is 25.5. The van der Waals surface area contributed by atoms with Gasteiger partial charge in [0.25, 0.3) is 0 Å². The first-order valence-corrected chi connectivity index (χ1v) is 6.70. The summed E-state index contributed by atoms with van der Waals surface area (Å²) < 4.78 is 0. The van der Waals surface area contributed by atoms with E-state index in [0.717, 1.165) is 32.2 Å². The molecule has 0 saturated carbocycles. The van der Waals surface area contributed by atoms with Gasteiger partial charge in [-0.3, -0.25) is 4.79 Å². The van der Waals surface area contributed by atoms with Gasteiger partial charge in [0.2, 0.25) is 5.91 Å². The number of hydrogen-bond donors (Lipinski definition) is 2. The van der Waals surface area contributed by atoms with Crippen LogP contribution >= 0.6 is 0 Å². The minimum Gasteiger partial charge on any atom is -0.480 e. The molecule has 0 aromatic heterocycles. The third-order valence-corrected chi connectivity index (χ3v) is 4.15. The standard InChI is InChI=1S/C13H22N2O3/c1-13(2)6-4-8-15(10(13)12(17)18)11(16)9-5-3-7-14-9/h9-10,14H,3-8H2,1-2H3,(H,17,18). The van der Waals surface area contributed by atoms with Crippen LogP contribution in [-0.2, 0) is 9.59 Å². The highest BCUT2D eigenvalue weighted by molar-refractivity contribution is 5.88. The molecule has 102 valence electrons. The number of rotatable bonds is 2. The van der Waals surface area contributed by atoms with E-state index in [4.69, 9.17) is 0 Å². The lowest BCUT2D eigenvalue weighted by molar-refractivity contribution is -0.159. The Morgan fingerprint density at radius 2 is 2.06 bits per heavy atom. The molecule has 2 atom stereocenters. The van der Waals surface area contributed by atoms with Crippen molar-refractivity contribution in [3.05, 3.63) is 0 Å². The zero-order valence-corrected chi connectivity index (χ0v) is 11.1. The van der Waals surface area contributed by atoms with Crippen molar-refractivity contribution in [1.82, 2.24) is 10.2 Å². The Bertz CT molecular complexity index is 348. The predicted molar refractivity (Wildman–Crippen MR) is 67.2 cm³/mol. The molecule has 5 heteroatoms. The van der Waals surface area contributed by atoms with E-state index in [1.807, 2.05) is 13.8 Å². The number of likely N-dealkylation sites (tertiary alicyclic amines) is 1. The maximum atomic E-state index is 12.4. The SMILES string of the molecule is CC1(C)CCCN(C(=O)C2CCCN2)C1C(=O)O. The summed E-state index contributed by atoms with van der Waals surface area (Å²) >= 11 is 0. The fourth-order valence-corrected chi connectivity index (χ4v) is 3.19. The summed E-state index contributed by atoms with van der Waals surface area (Å²) in [6.45, 7) is 5.30. The number of nitrogens with zero attached hydrogens (tertiary/aromatic N) is 1. The van der Waals surface area contributed by atoms with Gasteiger partial charge in [-0.2, -0.15) is 0 Å². The average Bonchev–Trinajstić information content (AvgIpc) is 2.79. The van der Waals surface area contributed by atoms with Crippen LogP contribution in [0.4, 0.5) is 0 Å². The maximum Gasteiger partial charge on any atom is 0.326 e. The fraction of sp³-hybridized carbons (Fsp3) is 0.846. The molecule has 2 aliphatic heterocycles. The smallest absolute Gasteiger partial charge is 0.326 e. The third kappa shape index (κ3) is 2.36. The van der Waals surface area contributed by atoms with Gasteiger partial charge in [0.05, 0.1) is 6.04 Å². The number of amides is 1. The Labute approximate surface area is 108 Å². The van der Waals surface area contributed by atoms with Crippen LogP contribution in [0, 0.1) is 5.41 Å². The molecule has 0 radical (unpaired) electrons. The van der Waals surface area contributed by atoms with Gasteiger partial charge in [0.15, 0.2) is 0 Å². The molecular weight excluding hydrogens is 232 g/mol. The lowest BCUT2D eigenvalue weighted by Crippen LogP contribution is -2.59. The molecule has 18 heavy (non-hydrogen) atoms. The van der Waals surface area contributed by atoms with Crippen LogP contribution < -0.4 is 5.32 Å². The van der Waals surface area contributed by atoms with E-state index < -0.39 is 12.0 Å². The number of hydrogen-bond acceptors (Lipinski definition) is 3. The average molecular weight is 254 g/mol. The van der Waals surface area contributed by atoms with Gasteiger partial charge in [-0.1, -0.05) is 13.8 Å². The van der Waals surface area contributed by atoms with E-state index in [9.17, 15) is 14.7 Å². The highest BCUT2D eigenvalue weighted by Gasteiger charge is 2.45. The topological polar surface area (TPSA) is 69.6 Å². The zero-order chi connectivity index (χ0) is 13.3. The minimum atomic E-state index is -0.883. The lowest BCUT2D eigenvalue weighted by atomic mass is 9.76. The van der Waals surface area contributed by atoms with Crippen LogP contribution in [-0.4, -0.2) is 47.1 Å². The van der Waals surface area contributed by atoms with Gasteiger partial charge < -0.3 is 15.3 Å². The van der Waals surface area contributed by atoms with Gasteiger partial charge in [0, 0.05) is 6.54 Å². The van der Waals surface area contributed by atoms with Crippen LogP contribution in [0.5, 0.6) is 0 Å². The van der Waals surface area contributed by atoms with Gasteiger partial charge in [-0.25, -0.2) is 4.79 Å². The number of nitrogens with one attached hydrogen (secondary N) is 1. The Balaban J connectivity index is 2.18. The Morgan fingerprint density at radius 1 is 1.33 bits per heavy atom. The van der Waals surface area contributed by atoms with Gasteiger partial charge >= 0.3 is 5.97 Å². The highest BCUT2D eigenvalue weighted by Crippen LogP contribution is 2.35. The van der Waals surface area contributed by atoms with Crippen molar-refractivity contribution in [1.29, 1.82) is 0 Å². The van der Waals surface area contributed by atoms with Crippen molar-refractivity contribution in [2.45, 2.75) is 51.6 Å². The third-order valence-electron chi connectivity index (χ3n) is 4.15. The number of carbonyl (C=O) groups is 2. The molecule has 2 aliphatic rings. The van der Waals surface area contributed by atoms with Crippen LogP contribution in [0.1, 0.15) is 39.5 Å². The van der Waals surface area contributed by atoms with Crippen molar-refractivity contribution >= 4 is 11.9 Å². The Kier molecular flexibility index (Phi) is 3.61. The molecule has 0 aliphatic carbocycles. The molecule has 2 rings (SSSR count). The van der Waals surface area contributed by atoms with E-state index >= 15 is 0 Å². The van der Waals surface area contributed by atoms with E-state index in [1.165, 1.54) is 0 Å². The number of aliphatic carboxylic acids is 1. The normalized spacial score (nSPS) is 31.3. The van der Waals surface area contributed by atoms with Crippen LogP contribution in [0.15, 0.2) is 0 Å².